The third-order valence-corrected chi connectivity index (χ3v) is 5.50. The minimum Gasteiger partial charge on any atom is -0.480 e. The maximum absolute atomic E-state index is 13.1. The van der Waals surface area contributed by atoms with Crippen molar-refractivity contribution in [1.82, 2.24) is 4.31 Å². The second-order valence-electron chi connectivity index (χ2n) is 4.19. The van der Waals surface area contributed by atoms with Crippen molar-refractivity contribution in [3.63, 3.8) is 0 Å². The molecule has 1 heterocycles. The number of nitrogens with zero attached hydrogens (tertiary/aromatic N) is 1. The molecule has 0 bridgehead atoms. The van der Waals surface area contributed by atoms with Gasteiger partial charge >= 0.3 is 5.97 Å². The van der Waals surface area contributed by atoms with Crippen LogP contribution < -0.4 is 0 Å². The van der Waals surface area contributed by atoms with Crippen LogP contribution >= 0.6 is 15.9 Å². The molecule has 0 unspecified atom stereocenters. The molecular formula is C11H11BrFNO4S. The summed E-state index contributed by atoms with van der Waals surface area (Å²) in [5, 5.41) is 9.02. The SMILES string of the molecule is O=C(O)[C@@H]1CCCN1S(=O)(=O)c1ccc(F)c(Br)c1. The van der Waals surface area contributed by atoms with Crippen molar-refractivity contribution in [1.29, 1.82) is 0 Å². The van der Waals surface area contributed by atoms with Gasteiger partial charge in [0.1, 0.15) is 11.9 Å². The number of sulfonamides is 1. The summed E-state index contributed by atoms with van der Waals surface area (Å²) in [5.41, 5.74) is 0. The summed E-state index contributed by atoms with van der Waals surface area (Å²) in [7, 11) is -3.92. The summed E-state index contributed by atoms with van der Waals surface area (Å²) in [6.07, 6.45) is 0.787. The van der Waals surface area contributed by atoms with E-state index in [9.17, 15) is 17.6 Å². The number of rotatable bonds is 3. The summed E-state index contributed by atoms with van der Waals surface area (Å²) in [6.45, 7) is 0.161. The Morgan fingerprint density at radius 1 is 1.47 bits per heavy atom. The Bertz CT molecular complexity index is 619. The molecule has 1 aromatic carbocycles. The first kappa shape index (κ1) is 14.4. The number of benzene rings is 1. The van der Waals surface area contributed by atoms with Gasteiger partial charge in [-0.25, -0.2) is 12.8 Å². The standard InChI is InChI=1S/C11H11BrFNO4S/c12-8-6-7(3-4-9(8)13)19(17,18)14-5-1-2-10(14)11(15)16/h3-4,6,10H,1-2,5H2,(H,15,16)/t10-/m0/s1. The molecule has 0 radical (unpaired) electrons. The number of hydrogen-bond donors (Lipinski definition) is 1. The van der Waals surface area contributed by atoms with Crippen LogP contribution in [0.5, 0.6) is 0 Å². The lowest BCUT2D eigenvalue weighted by atomic mass is 10.2. The van der Waals surface area contributed by atoms with Gasteiger partial charge in [0.05, 0.1) is 9.37 Å². The van der Waals surface area contributed by atoms with Gasteiger partial charge in [0, 0.05) is 6.54 Å². The smallest absolute Gasteiger partial charge is 0.322 e. The van der Waals surface area contributed by atoms with Gasteiger partial charge < -0.3 is 5.11 Å². The minimum absolute atomic E-state index is 0.0275. The van der Waals surface area contributed by atoms with E-state index >= 15 is 0 Å². The lowest BCUT2D eigenvalue weighted by Gasteiger charge is -2.21. The highest BCUT2D eigenvalue weighted by Gasteiger charge is 2.39. The van der Waals surface area contributed by atoms with E-state index in [4.69, 9.17) is 5.11 Å². The molecule has 5 nitrogen and oxygen atoms in total. The summed E-state index contributed by atoms with van der Waals surface area (Å²) in [5.74, 6) is -1.74. The van der Waals surface area contributed by atoms with Gasteiger partial charge in [-0.1, -0.05) is 0 Å². The summed E-state index contributed by atoms with van der Waals surface area (Å²) in [4.78, 5) is 10.9. The molecule has 0 amide bonds. The van der Waals surface area contributed by atoms with E-state index in [1.165, 1.54) is 0 Å². The molecule has 1 atom stereocenters. The van der Waals surface area contributed by atoms with Gasteiger partial charge in [0.15, 0.2) is 0 Å². The molecule has 0 saturated carbocycles. The molecule has 0 aromatic heterocycles. The van der Waals surface area contributed by atoms with Crippen LogP contribution in [-0.4, -0.2) is 36.4 Å². The average Bonchev–Trinajstić information content (AvgIpc) is 2.82. The number of aliphatic carboxylic acids is 1. The van der Waals surface area contributed by atoms with E-state index < -0.39 is 27.9 Å². The highest BCUT2D eigenvalue weighted by Crippen LogP contribution is 2.28. The fourth-order valence-electron chi connectivity index (χ4n) is 2.05. The van der Waals surface area contributed by atoms with Crippen LogP contribution in [0, 0.1) is 5.82 Å². The first-order valence-electron chi connectivity index (χ1n) is 5.54. The minimum atomic E-state index is -3.92. The molecule has 1 fully saturated rings. The molecule has 0 spiro atoms. The van der Waals surface area contributed by atoms with Crippen molar-refractivity contribution < 1.29 is 22.7 Å². The van der Waals surface area contributed by atoms with Crippen LogP contribution in [0.4, 0.5) is 4.39 Å². The number of carboxylic acid groups (broad SMARTS) is 1. The molecule has 2 rings (SSSR count). The molecule has 1 aliphatic rings. The lowest BCUT2D eigenvalue weighted by molar-refractivity contribution is -0.140. The van der Waals surface area contributed by atoms with Gasteiger partial charge in [-0.2, -0.15) is 4.31 Å². The van der Waals surface area contributed by atoms with E-state index in [2.05, 4.69) is 15.9 Å². The highest BCUT2D eigenvalue weighted by atomic mass is 79.9. The van der Waals surface area contributed by atoms with E-state index in [1.54, 1.807) is 0 Å². The van der Waals surface area contributed by atoms with E-state index in [1.807, 2.05) is 0 Å². The molecule has 8 heteroatoms. The molecule has 1 aliphatic heterocycles. The number of carboxylic acids is 1. The van der Waals surface area contributed by atoms with E-state index in [0.717, 1.165) is 22.5 Å². The van der Waals surface area contributed by atoms with Crippen LogP contribution in [-0.2, 0) is 14.8 Å². The van der Waals surface area contributed by atoms with Gasteiger partial charge in [-0.15, -0.1) is 0 Å². The second-order valence-corrected chi connectivity index (χ2v) is 6.93. The van der Waals surface area contributed by atoms with Crippen LogP contribution in [0.2, 0.25) is 0 Å². The van der Waals surface area contributed by atoms with Crippen LogP contribution in [0.25, 0.3) is 0 Å². The monoisotopic (exact) mass is 351 g/mol. The van der Waals surface area contributed by atoms with Crippen molar-refractivity contribution >= 4 is 31.9 Å². The molecule has 19 heavy (non-hydrogen) atoms. The topological polar surface area (TPSA) is 74.7 Å². The normalized spacial score (nSPS) is 20.6. The van der Waals surface area contributed by atoms with Crippen molar-refractivity contribution in [2.24, 2.45) is 0 Å². The van der Waals surface area contributed by atoms with Crippen LogP contribution in [0.15, 0.2) is 27.6 Å². The Morgan fingerprint density at radius 2 is 2.16 bits per heavy atom. The van der Waals surface area contributed by atoms with Crippen molar-refractivity contribution in [2.45, 2.75) is 23.8 Å². The Morgan fingerprint density at radius 3 is 2.74 bits per heavy atom. The van der Waals surface area contributed by atoms with Crippen molar-refractivity contribution in [3.8, 4) is 0 Å². The molecule has 0 aliphatic carbocycles. The second kappa shape index (κ2) is 5.18. The predicted molar refractivity (Wildman–Crippen MR) is 68.6 cm³/mol. The maximum Gasteiger partial charge on any atom is 0.322 e. The average molecular weight is 352 g/mol. The lowest BCUT2D eigenvalue weighted by Crippen LogP contribution is -2.40. The Hall–Kier alpha value is -0.990. The predicted octanol–water partition coefficient (Wildman–Crippen LogP) is 1.83. The Balaban J connectivity index is 2.42. The fraction of sp³-hybridized carbons (Fsp3) is 0.364. The molecule has 1 N–H and O–H groups in total. The van der Waals surface area contributed by atoms with Gasteiger partial charge in [-0.3, -0.25) is 4.79 Å². The van der Waals surface area contributed by atoms with Crippen molar-refractivity contribution in [3.05, 3.63) is 28.5 Å². The summed E-state index contributed by atoms with van der Waals surface area (Å²) >= 11 is 2.92. The first-order chi connectivity index (χ1) is 8.84. The largest absolute Gasteiger partial charge is 0.480 e. The van der Waals surface area contributed by atoms with Crippen LogP contribution in [0.3, 0.4) is 0 Å². The zero-order chi connectivity index (χ0) is 14.2. The summed E-state index contributed by atoms with van der Waals surface area (Å²) < 4.78 is 38.8. The van der Waals surface area contributed by atoms with Gasteiger partial charge in [0.25, 0.3) is 0 Å². The Kier molecular flexibility index (Phi) is 3.93. The van der Waals surface area contributed by atoms with Gasteiger partial charge in [-0.05, 0) is 47.0 Å². The first-order valence-corrected chi connectivity index (χ1v) is 7.77. The molecule has 1 aromatic rings. The number of carbonyl (C=O) groups is 1. The van der Waals surface area contributed by atoms with Crippen molar-refractivity contribution in [2.75, 3.05) is 6.54 Å². The zero-order valence-electron chi connectivity index (χ0n) is 9.71. The Labute approximate surface area is 118 Å². The fourth-order valence-corrected chi connectivity index (χ4v) is 4.26. The maximum atomic E-state index is 13.1. The quantitative estimate of drug-likeness (QED) is 0.901. The highest BCUT2D eigenvalue weighted by molar-refractivity contribution is 9.10. The number of hydrogen-bond acceptors (Lipinski definition) is 3. The van der Waals surface area contributed by atoms with E-state index in [0.29, 0.717) is 6.42 Å². The summed E-state index contributed by atoms with van der Waals surface area (Å²) in [6, 6.07) is 2.26. The number of halogens is 2. The molecule has 104 valence electrons. The zero-order valence-corrected chi connectivity index (χ0v) is 12.1. The third kappa shape index (κ3) is 2.65. The van der Waals surface area contributed by atoms with E-state index in [-0.39, 0.29) is 22.3 Å². The van der Waals surface area contributed by atoms with Crippen LogP contribution in [0.1, 0.15) is 12.8 Å². The third-order valence-electron chi connectivity index (χ3n) is 2.99. The van der Waals surface area contributed by atoms with Gasteiger partial charge in [0.2, 0.25) is 10.0 Å². The molecule has 1 saturated heterocycles. The molecular weight excluding hydrogens is 341 g/mol.